The Labute approximate surface area is 122 Å². The van der Waals surface area contributed by atoms with E-state index in [9.17, 15) is 8.78 Å². The molecule has 0 heterocycles. The highest BCUT2D eigenvalue weighted by Crippen LogP contribution is 2.29. The lowest BCUT2D eigenvalue weighted by Gasteiger charge is -2.27. The number of nitrogens with one attached hydrogen (secondary N) is 1. The summed E-state index contributed by atoms with van der Waals surface area (Å²) in [5, 5.41) is 3.34. The Morgan fingerprint density at radius 2 is 1.71 bits per heavy atom. The van der Waals surface area contributed by atoms with Gasteiger partial charge in [-0.05, 0) is 42.5 Å². The minimum absolute atomic E-state index is 0.200. The average molecular weight is 289 g/mol. The van der Waals surface area contributed by atoms with E-state index in [0.717, 1.165) is 19.3 Å². The number of anilines is 1. The van der Waals surface area contributed by atoms with Crippen LogP contribution in [0, 0.1) is 0 Å². The summed E-state index contributed by atoms with van der Waals surface area (Å²) in [4.78, 5) is 0. The molecule has 0 radical (unpaired) electrons. The van der Waals surface area contributed by atoms with Gasteiger partial charge >= 0.3 is 6.61 Å². The molecule has 2 nitrogen and oxygen atoms in total. The summed E-state index contributed by atoms with van der Waals surface area (Å²) in [6.45, 7) is -2.81. The minimum Gasteiger partial charge on any atom is -0.433 e. The molecule has 1 aliphatic carbocycles. The lowest BCUT2D eigenvalue weighted by molar-refractivity contribution is -0.0493. The van der Waals surface area contributed by atoms with Gasteiger partial charge in [-0.25, -0.2) is 0 Å². The van der Waals surface area contributed by atoms with Crippen LogP contribution in [0.25, 0.3) is 0 Å². The van der Waals surface area contributed by atoms with Crippen LogP contribution < -0.4 is 10.1 Å². The Bertz CT molecular complexity index is 615. The van der Waals surface area contributed by atoms with Crippen LogP contribution in [0.1, 0.15) is 17.5 Å². The molecule has 0 amide bonds. The van der Waals surface area contributed by atoms with Crippen molar-refractivity contribution >= 4 is 5.69 Å². The second-order valence-corrected chi connectivity index (χ2v) is 5.23. The number of alkyl halides is 2. The molecule has 4 heteroatoms. The Hall–Kier alpha value is -2.10. The Balaban J connectivity index is 1.73. The van der Waals surface area contributed by atoms with Gasteiger partial charge in [0.1, 0.15) is 5.75 Å². The highest BCUT2D eigenvalue weighted by molar-refractivity contribution is 5.57. The zero-order chi connectivity index (χ0) is 14.7. The van der Waals surface area contributed by atoms with Gasteiger partial charge in [-0.3, -0.25) is 0 Å². The van der Waals surface area contributed by atoms with Crippen molar-refractivity contribution in [2.45, 2.75) is 31.9 Å². The number of aryl methyl sites for hydroxylation is 1. The molecule has 1 unspecified atom stereocenters. The van der Waals surface area contributed by atoms with Crippen molar-refractivity contribution in [3.8, 4) is 5.75 Å². The highest BCUT2D eigenvalue weighted by atomic mass is 19.3. The fourth-order valence-corrected chi connectivity index (χ4v) is 2.83. The third-order valence-corrected chi connectivity index (χ3v) is 3.81. The van der Waals surface area contributed by atoms with Crippen LogP contribution in [0.2, 0.25) is 0 Å². The first-order chi connectivity index (χ1) is 10.2. The van der Waals surface area contributed by atoms with Crippen molar-refractivity contribution < 1.29 is 13.5 Å². The molecule has 0 bridgehead atoms. The summed E-state index contributed by atoms with van der Waals surface area (Å²) < 4.78 is 29.4. The van der Waals surface area contributed by atoms with Gasteiger partial charge in [0.15, 0.2) is 0 Å². The van der Waals surface area contributed by atoms with Gasteiger partial charge in [0.05, 0.1) is 5.69 Å². The highest BCUT2D eigenvalue weighted by Gasteiger charge is 2.19. The molecule has 2 aromatic rings. The molecular formula is C17H17F2NO. The van der Waals surface area contributed by atoms with Crippen LogP contribution in [0.4, 0.5) is 14.5 Å². The maximum atomic E-state index is 12.4. The molecule has 3 rings (SSSR count). The number of ether oxygens (including phenoxy) is 1. The van der Waals surface area contributed by atoms with Crippen LogP contribution in [-0.4, -0.2) is 12.7 Å². The molecule has 1 atom stereocenters. The minimum atomic E-state index is -2.81. The third-order valence-electron chi connectivity index (χ3n) is 3.81. The van der Waals surface area contributed by atoms with Gasteiger partial charge in [-0.15, -0.1) is 0 Å². The van der Waals surface area contributed by atoms with Crippen molar-refractivity contribution in [1.82, 2.24) is 0 Å². The van der Waals surface area contributed by atoms with Crippen molar-refractivity contribution in [3.05, 3.63) is 59.7 Å². The van der Waals surface area contributed by atoms with E-state index < -0.39 is 6.61 Å². The fourth-order valence-electron chi connectivity index (χ4n) is 2.83. The van der Waals surface area contributed by atoms with Crippen molar-refractivity contribution in [3.63, 3.8) is 0 Å². The Kier molecular flexibility index (Phi) is 4.04. The molecule has 0 aromatic heterocycles. The first kappa shape index (κ1) is 13.9. The van der Waals surface area contributed by atoms with Gasteiger partial charge in [-0.1, -0.05) is 36.4 Å². The number of hydrogen-bond donors (Lipinski definition) is 1. The zero-order valence-corrected chi connectivity index (χ0v) is 11.6. The van der Waals surface area contributed by atoms with Crippen LogP contribution in [-0.2, 0) is 12.8 Å². The maximum absolute atomic E-state index is 12.4. The normalized spacial score (nSPS) is 17.4. The smallest absolute Gasteiger partial charge is 0.387 e. The summed E-state index contributed by atoms with van der Waals surface area (Å²) in [6.07, 6.45) is 2.89. The summed E-state index contributed by atoms with van der Waals surface area (Å²) in [5.74, 6) is 0.200. The van der Waals surface area contributed by atoms with Gasteiger partial charge < -0.3 is 10.1 Å². The molecule has 110 valence electrons. The van der Waals surface area contributed by atoms with E-state index in [1.54, 1.807) is 18.2 Å². The molecule has 1 N–H and O–H groups in total. The Morgan fingerprint density at radius 3 is 2.52 bits per heavy atom. The molecule has 0 saturated heterocycles. The van der Waals surface area contributed by atoms with Crippen LogP contribution in [0.5, 0.6) is 5.75 Å². The fraction of sp³-hybridized carbons (Fsp3) is 0.294. The molecule has 0 saturated carbocycles. The van der Waals surface area contributed by atoms with Crippen LogP contribution in [0.15, 0.2) is 48.5 Å². The van der Waals surface area contributed by atoms with Gasteiger partial charge in [0, 0.05) is 6.04 Å². The second-order valence-electron chi connectivity index (χ2n) is 5.23. The summed E-state index contributed by atoms with van der Waals surface area (Å²) in [6, 6.07) is 15.5. The molecule has 0 fully saturated rings. The van der Waals surface area contributed by atoms with E-state index in [2.05, 4.69) is 28.3 Å². The number of fused-ring (bicyclic) bond motifs is 1. The second kappa shape index (κ2) is 6.12. The lowest BCUT2D eigenvalue weighted by atomic mass is 9.88. The molecule has 1 aliphatic rings. The summed E-state index contributed by atoms with van der Waals surface area (Å²) >= 11 is 0. The molecule has 0 spiro atoms. The average Bonchev–Trinajstić information content (AvgIpc) is 2.49. The topological polar surface area (TPSA) is 21.3 Å². The van der Waals surface area contributed by atoms with Gasteiger partial charge in [0.25, 0.3) is 0 Å². The van der Waals surface area contributed by atoms with Crippen LogP contribution in [0.3, 0.4) is 0 Å². The van der Waals surface area contributed by atoms with E-state index in [4.69, 9.17) is 0 Å². The van der Waals surface area contributed by atoms with E-state index in [0.29, 0.717) is 5.69 Å². The number of hydrogen-bond acceptors (Lipinski definition) is 2. The van der Waals surface area contributed by atoms with Gasteiger partial charge in [-0.2, -0.15) is 8.78 Å². The van der Waals surface area contributed by atoms with E-state index in [1.165, 1.54) is 11.1 Å². The number of para-hydroxylation sites is 2. The molecule has 2 aromatic carbocycles. The summed E-state index contributed by atoms with van der Waals surface area (Å²) in [5.41, 5.74) is 3.34. The zero-order valence-electron chi connectivity index (χ0n) is 11.6. The van der Waals surface area contributed by atoms with Gasteiger partial charge in [0.2, 0.25) is 0 Å². The largest absolute Gasteiger partial charge is 0.433 e. The number of benzene rings is 2. The van der Waals surface area contributed by atoms with Crippen LogP contribution >= 0.6 is 0 Å². The van der Waals surface area contributed by atoms with E-state index in [1.807, 2.05) is 12.1 Å². The third kappa shape index (κ3) is 3.32. The van der Waals surface area contributed by atoms with Crippen molar-refractivity contribution in [2.24, 2.45) is 0 Å². The van der Waals surface area contributed by atoms with E-state index >= 15 is 0 Å². The van der Waals surface area contributed by atoms with Crippen molar-refractivity contribution in [2.75, 3.05) is 5.32 Å². The quantitative estimate of drug-likeness (QED) is 0.908. The number of rotatable bonds is 4. The SMILES string of the molecule is FC(F)Oc1ccccc1NC1CCc2ccccc2C1. The number of halogens is 2. The predicted octanol–water partition coefficient (Wildman–Crippen LogP) is 4.26. The van der Waals surface area contributed by atoms with E-state index in [-0.39, 0.29) is 11.8 Å². The maximum Gasteiger partial charge on any atom is 0.387 e. The predicted molar refractivity (Wildman–Crippen MR) is 79.0 cm³/mol. The monoisotopic (exact) mass is 289 g/mol. The standard InChI is InChI=1S/C17H17F2NO/c18-17(19)21-16-8-4-3-7-15(16)20-14-10-9-12-5-1-2-6-13(12)11-14/h1-8,14,17,20H,9-11H2. The molecule has 0 aliphatic heterocycles. The summed E-state index contributed by atoms with van der Waals surface area (Å²) in [7, 11) is 0. The molecular weight excluding hydrogens is 272 g/mol. The molecule has 21 heavy (non-hydrogen) atoms. The Morgan fingerprint density at radius 1 is 1.00 bits per heavy atom. The first-order valence-corrected chi connectivity index (χ1v) is 7.09. The lowest BCUT2D eigenvalue weighted by Crippen LogP contribution is -2.27. The first-order valence-electron chi connectivity index (χ1n) is 7.09. The van der Waals surface area contributed by atoms with Crippen molar-refractivity contribution in [1.29, 1.82) is 0 Å².